The lowest BCUT2D eigenvalue weighted by molar-refractivity contribution is 0.563. The Labute approximate surface area is 146 Å². The van der Waals surface area contributed by atoms with Gasteiger partial charge < -0.3 is 0 Å². The summed E-state index contributed by atoms with van der Waals surface area (Å²) >= 11 is 1.30. The molecule has 0 radical (unpaired) electrons. The van der Waals surface area contributed by atoms with Gasteiger partial charge in [-0.25, -0.2) is 18.1 Å². The summed E-state index contributed by atoms with van der Waals surface area (Å²) in [5.41, 5.74) is 2.31. The lowest BCUT2D eigenvalue weighted by atomic mass is 10.1. The summed E-state index contributed by atoms with van der Waals surface area (Å²) in [6.07, 6.45) is 0.826. The Hall–Kier alpha value is -1.54. The fourth-order valence-electron chi connectivity index (χ4n) is 2.42. The molecule has 0 aliphatic heterocycles. The minimum absolute atomic E-state index is 0.0860. The standard InChI is InChI=1S/C16H23N3O3S2/c1-6-10(2)8-24(21,22)9-13-7-23-15(17-13)14-11(3)12(4)18-19(5)16(14)20/h7,10H,6,8-9H2,1-5H3. The lowest BCUT2D eigenvalue weighted by Crippen LogP contribution is -2.23. The number of hydrogen-bond donors (Lipinski definition) is 0. The van der Waals surface area contributed by atoms with Gasteiger partial charge in [0, 0.05) is 12.4 Å². The Bertz CT molecular complexity index is 898. The van der Waals surface area contributed by atoms with Crippen molar-refractivity contribution in [3.8, 4) is 10.6 Å². The van der Waals surface area contributed by atoms with E-state index in [0.29, 0.717) is 16.3 Å². The summed E-state index contributed by atoms with van der Waals surface area (Å²) < 4.78 is 25.8. The van der Waals surface area contributed by atoms with Gasteiger partial charge in [-0.05, 0) is 25.3 Å². The van der Waals surface area contributed by atoms with Gasteiger partial charge in [-0.2, -0.15) is 5.10 Å². The maximum absolute atomic E-state index is 12.4. The second-order valence-electron chi connectivity index (χ2n) is 6.23. The zero-order chi connectivity index (χ0) is 18.1. The van der Waals surface area contributed by atoms with Crippen LogP contribution < -0.4 is 5.56 Å². The molecule has 132 valence electrons. The van der Waals surface area contributed by atoms with Crippen molar-refractivity contribution in [3.63, 3.8) is 0 Å². The molecule has 0 saturated heterocycles. The fraction of sp³-hybridized carbons (Fsp3) is 0.562. The largest absolute Gasteiger partial charge is 0.277 e. The number of aryl methyl sites for hydroxylation is 2. The molecule has 24 heavy (non-hydrogen) atoms. The molecule has 0 spiro atoms. The lowest BCUT2D eigenvalue weighted by Gasteiger charge is -2.08. The Morgan fingerprint density at radius 2 is 2.00 bits per heavy atom. The quantitative estimate of drug-likeness (QED) is 0.781. The fourth-order valence-corrected chi connectivity index (χ4v) is 5.26. The molecule has 2 aromatic heterocycles. The second-order valence-corrected chi connectivity index (χ2v) is 9.19. The normalized spacial score (nSPS) is 13.2. The van der Waals surface area contributed by atoms with E-state index < -0.39 is 9.84 Å². The van der Waals surface area contributed by atoms with E-state index in [4.69, 9.17) is 0 Å². The maximum Gasteiger partial charge on any atom is 0.277 e. The summed E-state index contributed by atoms with van der Waals surface area (Å²) in [6, 6.07) is 0. The molecule has 2 aromatic rings. The van der Waals surface area contributed by atoms with Gasteiger partial charge >= 0.3 is 0 Å². The van der Waals surface area contributed by atoms with Crippen LogP contribution in [-0.4, -0.2) is 28.9 Å². The van der Waals surface area contributed by atoms with Crippen molar-refractivity contribution < 1.29 is 8.42 Å². The monoisotopic (exact) mass is 369 g/mol. The van der Waals surface area contributed by atoms with Crippen molar-refractivity contribution in [1.82, 2.24) is 14.8 Å². The number of rotatable bonds is 6. The molecule has 0 aromatic carbocycles. The van der Waals surface area contributed by atoms with Gasteiger partial charge in [0.05, 0.1) is 28.5 Å². The van der Waals surface area contributed by atoms with Crippen LogP contribution in [0.3, 0.4) is 0 Å². The van der Waals surface area contributed by atoms with Crippen molar-refractivity contribution in [2.24, 2.45) is 13.0 Å². The maximum atomic E-state index is 12.4. The Morgan fingerprint density at radius 1 is 1.33 bits per heavy atom. The summed E-state index contributed by atoms with van der Waals surface area (Å²) in [7, 11) is -1.60. The van der Waals surface area contributed by atoms with E-state index in [0.717, 1.165) is 17.7 Å². The van der Waals surface area contributed by atoms with Crippen LogP contribution in [0.25, 0.3) is 10.6 Å². The molecule has 1 unspecified atom stereocenters. The van der Waals surface area contributed by atoms with Crippen molar-refractivity contribution in [1.29, 1.82) is 0 Å². The Balaban J connectivity index is 2.35. The van der Waals surface area contributed by atoms with Crippen LogP contribution in [-0.2, 0) is 22.6 Å². The van der Waals surface area contributed by atoms with Crippen molar-refractivity contribution in [2.45, 2.75) is 39.9 Å². The third-order valence-electron chi connectivity index (χ3n) is 4.09. The highest BCUT2D eigenvalue weighted by molar-refractivity contribution is 7.90. The van der Waals surface area contributed by atoms with Crippen LogP contribution >= 0.6 is 11.3 Å². The number of sulfone groups is 1. The Morgan fingerprint density at radius 3 is 2.62 bits per heavy atom. The van der Waals surface area contributed by atoms with Crippen LogP contribution in [0.15, 0.2) is 10.2 Å². The van der Waals surface area contributed by atoms with Gasteiger partial charge in [0.1, 0.15) is 5.01 Å². The number of aromatic nitrogens is 3. The predicted molar refractivity (Wildman–Crippen MR) is 97.0 cm³/mol. The van der Waals surface area contributed by atoms with Crippen LogP contribution in [0.2, 0.25) is 0 Å². The van der Waals surface area contributed by atoms with Crippen LogP contribution in [0, 0.1) is 19.8 Å². The third-order valence-corrected chi connectivity index (χ3v) is 6.82. The average molecular weight is 370 g/mol. The zero-order valence-corrected chi connectivity index (χ0v) is 16.3. The van der Waals surface area contributed by atoms with Gasteiger partial charge in [0.2, 0.25) is 0 Å². The molecule has 0 N–H and O–H groups in total. The predicted octanol–water partition coefficient (Wildman–Crippen LogP) is 2.48. The molecule has 0 saturated carbocycles. The minimum Gasteiger partial charge on any atom is -0.267 e. The Kier molecular flexibility index (Phi) is 5.59. The average Bonchev–Trinajstić information content (AvgIpc) is 2.92. The smallest absolute Gasteiger partial charge is 0.267 e. The number of thiazole rings is 1. The minimum atomic E-state index is -3.20. The zero-order valence-electron chi connectivity index (χ0n) is 14.7. The highest BCUT2D eigenvalue weighted by Crippen LogP contribution is 2.25. The molecule has 2 heterocycles. The van der Waals surface area contributed by atoms with Crippen molar-refractivity contribution >= 4 is 21.2 Å². The molecule has 1 atom stereocenters. The van der Waals surface area contributed by atoms with E-state index in [1.165, 1.54) is 16.0 Å². The van der Waals surface area contributed by atoms with Crippen molar-refractivity contribution in [3.05, 3.63) is 32.7 Å². The van der Waals surface area contributed by atoms with E-state index in [-0.39, 0.29) is 23.0 Å². The third kappa shape index (κ3) is 4.10. The van der Waals surface area contributed by atoms with Crippen molar-refractivity contribution in [2.75, 3.05) is 5.75 Å². The molecule has 0 bridgehead atoms. The van der Waals surface area contributed by atoms with Gasteiger partial charge in [-0.1, -0.05) is 20.3 Å². The first-order valence-corrected chi connectivity index (χ1v) is 10.5. The van der Waals surface area contributed by atoms with E-state index in [1.54, 1.807) is 12.4 Å². The molecular formula is C16H23N3O3S2. The first-order chi connectivity index (χ1) is 11.1. The molecule has 0 amide bonds. The number of nitrogens with zero attached hydrogens (tertiary/aromatic N) is 3. The highest BCUT2D eigenvalue weighted by Gasteiger charge is 2.20. The molecule has 0 fully saturated rings. The van der Waals surface area contributed by atoms with Gasteiger partial charge in [-0.3, -0.25) is 4.79 Å². The summed E-state index contributed by atoms with van der Waals surface area (Å²) in [5.74, 6) is 0.202. The van der Waals surface area contributed by atoms with E-state index >= 15 is 0 Å². The summed E-state index contributed by atoms with van der Waals surface area (Å²) in [4.78, 5) is 16.8. The first kappa shape index (κ1) is 18.8. The molecule has 0 aliphatic carbocycles. The first-order valence-electron chi connectivity index (χ1n) is 7.84. The molecular weight excluding hydrogens is 346 g/mol. The summed E-state index contributed by atoms with van der Waals surface area (Å²) in [6.45, 7) is 7.57. The van der Waals surface area contributed by atoms with Gasteiger partial charge in [0.15, 0.2) is 9.84 Å². The molecule has 2 rings (SSSR count). The van der Waals surface area contributed by atoms with E-state index in [9.17, 15) is 13.2 Å². The number of hydrogen-bond acceptors (Lipinski definition) is 6. The van der Waals surface area contributed by atoms with Crippen LogP contribution in [0.5, 0.6) is 0 Å². The SMILES string of the molecule is CCC(C)CS(=O)(=O)Cc1csc(-c2c(C)c(C)nn(C)c2=O)n1. The van der Waals surface area contributed by atoms with Gasteiger partial charge in [0.25, 0.3) is 5.56 Å². The highest BCUT2D eigenvalue weighted by atomic mass is 32.2. The topological polar surface area (TPSA) is 81.9 Å². The van der Waals surface area contributed by atoms with E-state index in [2.05, 4.69) is 10.1 Å². The van der Waals surface area contributed by atoms with Gasteiger partial charge in [-0.15, -0.1) is 11.3 Å². The molecule has 8 heteroatoms. The molecule has 0 aliphatic rings. The van der Waals surface area contributed by atoms with E-state index in [1.807, 2.05) is 27.7 Å². The van der Waals surface area contributed by atoms with Crippen LogP contribution in [0.4, 0.5) is 0 Å². The summed E-state index contributed by atoms with van der Waals surface area (Å²) in [5, 5.41) is 6.42. The second kappa shape index (κ2) is 7.14. The van der Waals surface area contributed by atoms with Crippen LogP contribution in [0.1, 0.15) is 37.2 Å². The molecule has 6 nitrogen and oxygen atoms in total.